The summed E-state index contributed by atoms with van der Waals surface area (Å²) in [5.74, 6) is -1.56. The van der Waals surface area contributed by atoms with Crippen LogP contribution in [0.4, 0.5) is 8.78 Å². The highest BCUT2D eigenvalue weighted by molar-refractivity contribution is 5.94. The highest BCUT2D eigenvalue weighted by Gasteiger charge is 2.30. The molecule has 3 rings (SSSR count). The van der Waals surface area contributed by atoms with Crippen LogP contribution in [-0.2, 0) is 4.74 Å². The van der Waals surface area contributed by atoms with E-state index in [1.165, 1.54) is 11.0 Å². The van der Waals surface area contributed by atoms with E-state index in [0.717, 1.165) is 38.4 Å². The van der Waals surface area contributed by atoms with Gasteiger partial charge in [-0.25, -0.2) is 8.78 Å². The number of halogens is 2. The first-order valence-electron chi connectivity index (χ1n) is 8.12. The number of carbonyl (C=O) groups is 1. The normalized spacial score (nSPS) is 22.6. The van der Waals surface area contributed by atoms with Crippen LogP contribution in [-0.4, -0.2) is 50.2 Å². The lowest BCUT2D eigenvalue weighted by Gasteiger charge is -2.24. The average Bonchev–Trinajstić information content (AvgIpc) is 3.06. The van der Waals surface area contributed by atoms with E-state index in [9.17, 15) is 13.6 Å². The predicted molar refractivity (Wildman–Crippen MR) is 82.5 cm³/mol. The number of hydrogen-bond acceptors (Lipinski definition) is 3. The van der Waals surface area contributed by atoms with Gasteiger partial charge < -0.3 is 15.0 Å². The summed E-state index contributed by atoms with van der Waals surface area (Å²) in [7, 11) is 1.59. The number of rotatable bonds is 3. The number of methoxy groups -OCH3 is 1. The summed E-state index contributed by atoms with van der Waals surface area (Å²) >= 11 is 0. The van der Waals surface area contributed by atoms with Gasteiger partial charge in [0.2, 0.25) is 0 Å². The first-order valence-corrected chi connectivity index (χ1v) is 8.12. The largest absolute Gasteiger partial charge is 0.380 e. The number of likely N-dealkylation sites (tertiary alicyclic amines) is 1. The lowest BCUT2D eigenvalue weighted by molar-refractivity contribution is 0.0719. The number of nitrogens with zero attached hydrogens (tertiary/aromatic N) is 1. The second-order valence-corrected chi connectivity index (χ2v) is 6.28. The Kier molecular flexibility index (Phi) is 4.92. The third-order valence-electron chi connectivity index (χ3n) is 4.86. The quantitative estimate of drug-likeness (QED) is 0.927. The molecule has 4 nitrogen and oxygen atoms in total. The van der Waals surface area contributed by atoms with Crippen LogP contribution in [0.5, 0.6) is 0 Å². The summed E-state index contributed by atoms with van der Waals surface area (Å²) in [5, 5.41) is 3.21. The second-order valence-electron chi connectivity index (χ2n) is 6.28. The van der Waals surface area contributed by atoms with E-state index in [1.54, 1.807) is 7.11 Å². The van der Waals surface area contributed by atoms with Crippen LogP contribution in [0.1, 0.15) is 41.1 Å². The Morgan fingerprint density at radius 1 is 1.22 bits per heavy atom. The van der Waals surface area contributed by atoms with Gasteiger partial charge in [0, 0.05) is 20.2 Å². The molecule has 1 atom stereocenters. The van der Waals surface area contributed by atoms with Crippen molar-refractivity contribution in [2.24, 2.45) is 0 Å². The molecule has 0 spiro atoms. The fourth-order valence-electron chi connectivity index (χ4n) is 3.45. The third-order valence-corrected chi connectivity index (χ3v) is 4.86. The summed E-state index contributed by atoms with van der Waals surface area (Å²) in [5.41, 5.74) is 0.202. The van der Waals surface area contributed by atoms with Crippen molar-refractivity contribution in [1.82, 2.24) is 10.2 Å². The zero-order valence-corrected chi connectivity index (χ0v) is 13.3. The standard InChI is InChI=1S/C17H22F2N2O2/c1-23-12-4-7-21(10-12)17(22)14-9-15(18)13(8-16(14)19)11-2-5-20-6-3-11/h8-9,11-12,20H,2-7,10H2,1H3/t12-/m0/s1. The van der Waals surface area contributed by atoms with E-state index < -0.39 is 17.5 Å². The van der Waals surface area contributed by atoms with Crippen molar-refractivity contribution in [2.45, 2.75) is 31.3 Å². The molecule has 2 aliphatic rings. The smallest absolute Gasteiger partial charge is 0.257 e. The van der Waals surface area contributed by atoms with E-state index in [0.29, 0.717) is 18.7 Å². The summed E-state index contributed by atoms with van der Waals surface area (Å²) in [6.07, 6.45) is 2.26. The zero-order chi connectivity index (χ0) is 16.4. The highest BCUT2D eigenvalue weighted by Crippen LogP contribution is 2.30. The molecule has 0 aromatic heterocycles. The second kappa shape index (κ2) is 6.93. The maximum Gasteiger partial charge on any atom is 0.257 e. The summed E-state index contributed by atoms with van der Waals surface area (Å²) in [4.78, 5) is 13.9. The van der Waals surface area contributed by atoms with Crippen molar-refractivity contribution in [3.8, 4) is 0 Å². The molecule has 2 aliphatic heterocycles. The van der Waals surface area contributed by atoms with Crippen molar-refractivity contribution in [1.29, 1.82) is 0 Å². The van der Waals surface area contributed by atoms with Crippen LogP contribution in [0.25, 0.3) is 0 Å². The Morgan fingerprint density at radius 3 is 2.61 bits per heavy atom. The van der Waals surface area contributed by atoms with E-state index in [2.05, 4.69) is 5.32 Å². The molecule has 126 valence electrons. The topological polar surface area (TPSA) is 41.6 Å². The lowest BCUT2D eigenvalue weighted by atomic mass is 9.89. The minimum atomic E-state index is -0.634. The molecular weight excluding hydrogens is 302 g/mol. The molecule has 1 aromatic rings. The average molecular weight is 324 g/mol. The van der Waals surface area contributed by atoms with Gasteiger partial charge in [-0.2, -0.15) is 0 Å². The Morgan fingerprint density at radius 2 is 1.96 bits per heavy atom. The van der Waals surface area contributed by atoms with Gasteiger partial charge in [-0.05, 0) is 56.0 Å². The third kappa shape index (κ3) is 3.38. The Hall–Kier alpha value is -1.53. The Bertz CT molecular complexity index is 588. The summed E-state index contributed by atoms with van der Waals surface area (Å²) < 4.78 is 34.0. The fraction of sp³-hybridized carbons (Fsp3) is 0.588. The van der Waals surface area contributed by atoms with Crippen molar-refractivity contribution in [3.63, 3.8) is 0 Å². The van der Waals surface area contributed by atoms with Crippen LogP contribution < -0.4 is 5.32 Å². The van der Waals surface area contributed by atoms with Gasteiger partial charge in [0.05, 0.1) is 11.7 Å². The molecule has 0 bridgehead atoms. The Balaban J connectivity index is 1.80. The van der Waals surface area contributed by atoms with Crippen LogP contribution in [0.15, 0.2) is 12.1 Å². The van der Waals surface area contributed by atoms with Gasteiger partial charge in [-0.1, -0.05) is 0 Å². The molecule has 0 unspecified atom stereocenters. The van der Waals surface area contributed by atoms with Gasteiger partial charge in [-0.3, -0.25) is 4.79 Å². The zero-order valence-electron chi connectivity index (χ0n) is 13.3. The van der Waals surface area contributed by atoms with E-state index in [1.807, 2.05) is 0 Å². The number of nitrogens with one attached hydrogen (secondary N) is 1. The van der Waals surface area contributed by atoms with Crippen molar-refractivity contribution < 1.29 is 18.3 Å². The van der Waals surface area contributed by atoms with Crippen LogP contribution >= 0.6 is 0 Å². The van der Waals surface area contributed by atoms with Crippen molar-refractivity contribution in [3.05, 3.63) is 34.9 Å². The molecule has 0 saturated carbocycles. The maximum atomic E-state index is 14.4. The molecule has 0 aliphatic carbocycles. The minimum absolute atomic E-state index is 0.0135. The number of ether oxygens (including phenoxy) is 1. The van der Waals surface area contributed by atoms with Gasteiger partial charge in [-0.15, -0.1) is 0 Å². The number of amides is 1. The van der Waals surface area contributed by atoms with E-state index >= 15 is 0 Å². The fourth-order valence-corrected chi connectivity index (χ4v) is 3.45. The molecule has 1 aromatic carbocycles. The molecule has 2 saturated heterocycles. The van der Waals surface area contributed by atoms with Crippen molar-refractivity contribution >= 4 is 5.91 Å². The van der Waals surface area contributed by atoms with Gasteiger partial charge in [0.1, 0.15) is 11.6 Å². The molecule has 6 heteroatoms. The molecule has 2 heterocycles. The number of hydrogen-bond donors (Lipinski definition) is 1. The van der Waals surface area contributed by atoms with E-state index in [4.69, 9.17) is 4.74 Å². The molecular formula is C17H22F2N2O2. The van der Waals surface area contributed by atoms with Gasteiger partial charge in [0.15, 0.2) is 0 Å². The van der Waals surface area contributed by atoms with Crippen LogP contribution in [0.3, 0.4) is 0 Å². The van der Waals surface area contributed by atoms with Crippen molar-refractivity contribution in [2.75, 3.05) is 33.3 Å². The SMILES string of the molecule is CO[C@H]1CCN(C(=O)c2cc(F)c(C3CCNCC3)cc2F)C1. The number of carbonyl (C=O) groups excluding carboxylic acids is 1. The molecule has 0 radical (unpaired) electrons. The van der Waals surface area contributed by atoms with Gasteiger partial charge in [0.25, 0.3) is 5.91 Å². The van der Waals surface area contributed by atoms with Crippen LogP contribution in [0.2, 0.25) is 0 Å². The number of piperidine rings is 1. The lowest BCUT2D eigenvalue weighted by Crippen LogP contribution is -2.31. The molecule has 1 N–H and O–H groups in total. The van der Waals surface area contributed by atoms with Gasteiger partial charge >= 0.3 is 0 Å². The summed E-state index contributed by atoms with van der Waals surface area (Å²) in [6, 6.07) is 2.28. The summed E-state index contributed by atoms with van der Waals surface area (Å²) in [6.45, 7) is 2.54. The van der Waals surface area contributed by atoms with E-state index in [-0.39, 0.29) is 17.6 Å². The number of benzene rings is 1. The van der Waals surface area contributed by atoms with Crippen LogP contribution in [0, 0.1) is 11.6 Å². The minimum Gasteiger partial charge on any atom is -0.380 e. The molecule has 1 amide bonds. The first-order chi connectivity index (χ1) is 11.1. The maximum absolute atomic E-state index is 14.4. The predicted octanol–water partition coefficient (Wildman–Crippen LogP) is 2.29. The molecule has 2 fully saturated rings. The highest BCUT2D eigenvalue weighted by atomic mass is 19.1. The molecule has 23 heavy (non-hydrogen) atoms. The monoisotopic (exact) mass is 324 g/mol. The first kappa shape index (κ1) is 16.3. The Labute approximate surface area is 134 Å².